The van der Waals surface area contributed by atoms with Gasteiger partial charge in [-0.2, -0.15) is 0 Å². The Morgan fingerprint density at radius 2 is 1.76 bits per heavy atom. The first-order valence-corrected chi connectivity index (χ1v) is 12.0. The molecule has 0 amide bonds. The van der Waals surface area contributed by atoms with E-state index in [1.807, 2.05) is 35.0 Å². The molecule has 0 aliphatic heterocycles. The first-order valence-electron chi connectivity index (χ1n) is 11.7. The summed E-state index contributed by atoms with van der Waals surface area (Å²) in [6.45, 7) is 10.4. The predicted octanol–water partition coefficient (Wildman–Crippen LogP) is 7.82. The number of hydrogen-bond acceptors (Lipinski definition) is 2. The van der Waals surface area contributed by atoms with Crippen molar-refractivity contribution in [3.8, 4) is 17.1 Å². The van der Waals surface area contributed by atoms with Crippen molar-refractivity contribution in [1.82, 2.24) is 9.55 Å². The van der Waals surface area contributed by atoms with Crippen molar-refractivity contribution in [3.05, 3.63) is 89.2 Å². The number of allylic oxidation sites excluding steroid dienone is 4. The second-order valence-corrected chi connectivity index (χ2v) is 10.5. The van der Waals surface area contributed by atoms with Crippen LogP contribution in [0.4, 0.5) is 0 Å². The van der Waals surface area contributed by atoms with Gasteiger partial charge in [0.2, 0.25) is 0 Å². The number of halogens is 1. The molecule has 1 aliphatic carbocycles. The number of hydrogen-bond donors (Lipinski definition) is 1. The predicted molar refractivity (Wildman–Crippen MR) is 139 cm³/mol. The maximum Gasteiger partial charge on any atom is 0.146 e. The van der Waals surface area contributed by atoms with Crippen molar-refractivity contribution in [3.63, 3.8) is 0 Å². The fraction of sp³-hybridized carbons (Fsp3) is 0.345. The van der Waals surface area contributed by atoms with Crippen LogP contribution in [0.2, 0.25) is 5.02 Å². The number of imidazole rings is 1. The maximum absolute atomic E-state index is 10.6. The minimum absolute atomic E-state index is 0.317. The molecule has 1 unspecified atom stereocenters. The molecule has 1 aromatic heterocycles. The summed E-state index contributed by atoms with van der Waals surface area (Å²) in [7, 11) is 0. The molecule has 3 nitrogen and oxygen atoms in total. The quantitative estimate of drug-likeness (QED) is 0.407. The highest BCUT2D eigenvalue weighted by atomic mass is 35.5. The topological polar surface area (TPSA) is 38.0 Å². The van der Waals surface area contributed by atoms with Crippen molar-refractivity contribution >= 4 is 17.2 Å². The molecule has 1 N–H and O–H groups in total. The minimum atomic E-state index is -1.05. The summed E-state index contributed by atoms with van der Waals surface area (Å²) in [5, 5.41) is 11.2. The largest absolute Gasteiger partial charge is 0.384 e. The van der Waals surface area contributed by atoms with Gasteiger partial charge < -0.3 is 5.11 Å². The Kier molecular flexibility index (Phi) is 6.39. The molecule has 0 saturated heterocycles. The van der Waals surface area contributed by atoms with Crippen LogP contribution in [-0.2, 0) is 5.60 Å². The Labute approximate surface area is 202 Å². The van der Waals surface area contributed by atoms with Gasteiger partial charge in [0.15, 0.2) is 0 Å². The Bertz CT molecular complexity index is 1190. The average molecular weight is 461 g/mol. The van der Waals surface area contributed by atoms with E-state index >= 15 is 0 Å². The summed E-state index contributed by atoms with van der Waals surface area (Å²) >= 11 is 6.49. The van der Waals surface area contributed by atoms with Crippen LogP contribution in [0.15, 0.2) is 73.0 Å². The van der Waals surface area contributed by atoms with Crippen molar-refractivity contribution in [2.75, 3.05) is 0 Å². The van der Waals surface area contributed by atoms with Gasteiger partial charge in [-0.1, -0.05) is 81.3 Å². The van der Waals surface area contributed by atoms with Crippen LogP contribution in [0.5, 0.6) is 0 Å². The molecule has 0 fully saturated rings. The number of nitrogens with zero attached hydrogens (tertiary/aromatic N) is 2. The summed E-state index contributed by atoms with van der Waals surface area (Å²) in [6.07, 6.45) is 11.1. The van der Waals surface area contributed by atoms with Gasteiger partial charge in [-0.3, -0.25) is 4.57 Å². The van der Waals surface area contributed by atoms with E-state index in [9.17, 15) is 5.11 Å². The summed E-state index contributed by atoms with van der Waals surface area (Å²) in [5.74, 6) is 1.29. The third-order valence-electron chi connectivity index (χ3n) is 6.94. The van der Waals surface area contributed by atoms with Gasteiger partial charge in [0, 0.05) is 17.4 Å². The molecule has 172 valence electrons. The van der Waals surface area contributed by atoms with E-state index in [-0.39, 0.29) is 0 Å². The maximum atomic E-state index is 10.6. The molecule has 1 aliphatic rings. The van der Waals surface area contributed by atoms with Crippen molar-refractivity contribution in [1.29, 1.82) is 0 Å². The van der Waals surface area contributed by atoms with Gasteiger partial charge in [-0.25, -0.2) is 4.98 Å². The van der Waals surface area contributed by atoms with Gasteiger partial charge >= 0.3 is 0 Å². The second-order valence-electron chi connectivity index (χ2n) is 10.1. The summed E-state index contributed by atoms with van der Waals surface area (Å²) in [6, 6.07) is 16.2. The lowest BCUT2D eigenvalue weighted by Gasteiger charge is -2.32. The van der Waals surface area contributed by atoms with E-state index in [1.54, 1.807) is 13.8 Å². The van der Waals surface area contributed by atoms with E-state index in [0.29, 0.717) is 27.9 Å². The summed E-state index contributed by atoms with van der Waals surface area (Å²) in [5.41, 5.74) is 4.13. The SMILES string of the molecule is CCC(C)(C)C1C=CC(c2ccc(-n3cc(C(C)(C)O)nc3-c3ccccc3Cl)cc2)=CC1. The van der Waals surface area contributed by atoms with Crippen molar-refractivity contribution in [2.24, 2.45) is 11.3 Å². The lowest BCUT2D eigenvalue weighted by Crippen LogP contribution is -2.22. The minimum Gasteiger partial charge on any atom is -0.384 e. The molecule has 33 heavy (non-hydrogen) atoms. The molecule has 0 saturated carbocycles. The van der Waals surface area contributed by atoms with Crippen LogP contribution in [0.25, 0.3) is 22.6 Å². The number of aromatic nitrogens is 2. The van der Waals surface area contributed by atoms with Crippen molar-refractivity contribution < 1.29 is 5.11 Å². The zero-order valence-electron chi connectivity index (χ0n) is 20.1. The Balaban J connectivity index is 1.67. The van der Waals surface area contributed by atoms with Crippen LogP contribution < -0.4 is 0 Å². The van der Waals surface area contributed by atoms with Gasteiger partial charge in [0.25, 0.3) is 0 Å². The zero-order valence-corrected chi connectivity index (χ0v) is 20.9. The van der Waals surface area contributed by atoms with Gasteiger partial charge in [0.05, 0.1) is 10.7 Å². The summed E-state index contributed by atoms with van der Waals surface area (Å²) in [4.78, 5) is 4.75. The molecule has 1 atom stereocenters. The highest BCUT2D eigenvalue weighted by Gasteiger charge is 2.26. The molecule has 3 aromatic rings. The molecule has 2 aromatic carbocycles. The first kappa shape index (κ1) is 23.5. The molecule has 0 spiro atoms. The number of rotatable bonds is 6. The van der Waals surface area contributed by atoms with Crippen LogP contribution in [0, 0.1) is 11.3 Å². The Morgan fingerprint density at radius 1 is 1.06 bits per heavy atom. The third-order valence-corrected chi connectivity index (χ3v) is 7.27. The van der Waals surface area contributed by atoms with E-state index < -0.39 is 5.60 Å². The Morgan fingerprint density at radius 3 is 2.33 bits per heavy atom. The lowest BCUT2D eigenvalue weighted by atomic mass is 9.73. The van der Waals surface area contributed by atoms with E-state index in [2.05, 4.69) is 63.3 Å². The van der Waals surface area contributed by atoms with E-state index in [1.165, 1.54) is 17.6 Å². The fourth-order valence-corrected chi connectivity index (χ4v) is 4.42. The molecule has 4 heteroatoms. The average Bonchev–Trinajstić information content (AvgIpc) is 3.25. The summed E-state index contributed by atoms with van der Waals surface area (Å²) < 4.78 is 2.00. The lowest BCUT2D eigenvalue weighted by molar-refractivity contribution is 0.0743. The fourth-order valence-electron chi connectivity index (χ4n) is 4.20. The Hall–Kier alpha value is -2.62. The molecular weight excluding hydrogens is 428 g/mol. The van der Waals surface area contributed by atoms with Gasteiger partial charge in [-0.05, 0) is 67.0 Å². The van der Waals surface area contributed by atoms with Gasteiger partial charge in [0.1, 0.15) is 11.4 Å². The molecule has 4 rings (SSSR count). The van der Waals surface area contributed by atoms with Crippen molar-refractivity contribution in [2.45, 2.75) is 53.1 Å². The van der Waals surface area contributed by atoms with Crippen LogP contribution >= 0.6 is 11.6 Å². The van der Waals surface area contributed by atoms with Gasteiger partial charge in [-0.15, -0.1) is 0 Å². The molecule has 1 heterocycles. The standard InChI is InChI=1S/C29H33ClN2O/c1-6-28(2,3)22-15-11-20(12-16-22)21-13-17-23(18-14-21)32-19-26(29(4,5)33)31-27(32)24-9-7-8-10-25(24)30/h7-15,17-19,22,33H,6,16H2,1-5H3. The zero-order chi connectivity index (χ0) is 23.8. The monoisotopic (exact) mass is 460 g/mol. The molecule has 0 radical (unpaired) electrons. The molecule has 0 bridgehead atoms. The third kappa shape index (κ3) is 4.85. The smallest absolute Gasteiger partial charge is 0.146 e. The highest BCUT2D eigenvalue weighted by Crippen LogP contribution is 2.38. The highest BCUT2D eigenvalue weighted by molar-refractivity contribution is 6.33. The first-order chi connectivity index (χ1) is 15.6. The van der Waals surface area contributed by atoms with Crippen LogP contribution in [0.3, 0.4) is 0 Å². The number of benzene rings is 2. The van der Waals surface area contributed by atoms with E-state index in [4.69, 9.17) is 16.6 Å². The normalized spacial score (nSPS) is 16.7. The number of aliphatic hydroxyl groups is 1. The second kappa shape index (κ2) is 8.96. The van der Waals surface area contributed by atoms with Crippen LogP contribution in [0.1, 0.15) is 58.7 Å². The van der Waals surface area contributed by atoms with E-state index in [0.717, 1.165) is 17.7 Å². The molecular formula is C29H33ClN2O. The van der Waals surface area contributed by atoms with Crippen LogP contribution in [-0.4, -0.2) is 14.7 Å².